The molecule has 2 aromatic carbocycles. The third-order valence-corrected chi connectivity index (χ3v) is 5.20. The van der Waals surface area contributed by atoms with Gasteiger partial charge >= 0.3 is 6.03 Å². The molecule has 0 unspecified atom stereocenters. The average Bonchev–Trinajstić information content (AvgIpc) is 3.07. The molecule has 2 aromatic rings. The van der Waals surface area contributed by atoms with Gasteiger partial charge in [0.1, 0.15) is 11.1 Å². The number of nitrogens with one attached hydrogen (secondary N) is 1. The van der Waals surface area contributed by atoms with Gasteiger partial charge in [-0.3, -0.25) is 0 Å². The van der Waals surface area contributed by atoms with Crippen LogP contribution in [0.15, 0.2) is 48.5 Å². The molecule has 1 aliphatic heterocycles. The van der Waals surface area contributed by atoms with Crippen LogP contribution in [0.2, 0.25) is 5.02 Å². The minimum Gasteiger partial charge on any atom is -0.494 e. The summed E-state index contributed by atoms with van der Waals surface area (Å²) in [5.41, 5.74) is 1.80. The number of hydrogen-bond donors (Lipinski definition) is 1. The summed E-state index contributed by atoms with van der Waals surface area (Å²) in [6.07, 6.45) is 0. The number of rotatable bonds is 4. The van der Waals surface area contributed by atoms with Crippen molar-refractivity contribution in [2.24, 2.45) is 0 Å². The molecular weight excluding hydrogens is 344 g/mol. The molecule has 0 bridgehead atoms. The summed E-state index contributed by atoms with van der Waals surface area (Å²) in [5.74, 6) is 1.71. The fourth-order valence-electron chi connectivity index (χ4n) is 2.61. The maximum absolute atomic E-state index is 12.6. The van der Waals surface area contributed by atoms with Gasteiger partial charge in [0.15, 0.2) is 0 Å². The van der Waals surface area contributed by atoms with Crippen molar-refractivity contribution in [1.82, 2.24) is 4.90 Å². The number of anilines is 1. The standard InChI is InChI=1S/C18H19ClN2O2S/c1-2-23-16-8-6-15(7-9-16)20-18(22)21-10-11-24-17(21)13-4-3-5-14(19)12-13/h3-9,12,17H,2,10-11H2,1H3,(H,20,22)/t17-/m0/s1. The third-order valence-electron chi connectivity index (χ3n) is 3.70. The Kier molecular flexibility index (Phi) is 5.53. The zero-order chi connectivity index (χ0) is 16.9. The molecule has 126 valence electrons. The first kappa shape index (κ1) is 17.0. The van der Waals surface area contributed by atoms with Crippen LogP contribution in [0, 0.1) is 0 Å². The second-order valence-corrected chi connectivity index (χ2v) is 6.98. The van der Waals surface area contributed by atoms with E-state index in [4.69, 9.17) is 16.3 Å². The molecular formula is C18H19ClN2O2S. The normalized spacial score (nSPS) is 16.9. The number of ether oxygens (including phenoxy) is 1. The van der Waals surface area contributed by atoms with Crippen LogP contribution in [0.4, 0.5) is 10.5 Å². The summed E-state index contributed by atoms with van der Waals surface area (Å²) in [4.78, 5) is 14.5. The van der Waals surface area contributed by atoms with E-state index in [-0.39, 0.29) is 11.4 Å². The number of hydrogen-bond acceptors (Lipinski definition) is 3. The number of thioether (sulfide) groups is 1. The Balaban J connectivity index is 1.69. The second-order valence-electron chi connectivity index (χ2n) is 5.36. The molecule has 1 atom stereocenters. The van der Waals surface area contributed by atoms with Gasteiger partial charge in [0.2, 0.25) is 0 Å². The highest BCUT2D eigenvalue weighted by Crippen LogP contribution is 2.38. The summed E-state index contributed by atoms with van der Waals surface area (Å²) < 4.78 is 5.41. The Morgan fingerprint density at radius 1 is 1.33 bits per heavy atom. The number of carbonyl (C=O) groups excluding carboxylic acids is 1. The van der Waals surface area contributed by atoms with Gasteiger partial charge in [0.05, 0.1) is 6.61 Å². The van der Waals surface area contributed by atoms with Crippen LogP contribution in [-0.2, 0) is 0 Å². The van der Waals surface area contributed by atoms with E-state index in [1.165, 1.54) is 0 Å². The maximum Gasteiger partial charge on any atom is 0.323 e. The van der Waals surface area contributed by atoms with Crippen LogP contribution in [0.25, 0.3) is 0 Å². The van der Waals surface area contributed by atoms with E-state index in [1.54, 1.807) is 11.8 Å². The van der Waals surface area contributed by atoms with Crippen LogP contribution in [0.5, 0.6) is 5.75 Å². The SMILES string of the molecule is CCOc1ccc(NC(=O)N2CCS[C@H]2c2cccc(Cl)c2)cc1. The summed E-state index contributed by atoms with van der Waals surface area (Å²) in [7, 11) is 0. The molecule has 24 heavy (non-hydrogen) atoms. The van der Waals surface area contributed by atoms with Crippen molar-refractivity contribution in [3.63, 3.8) is 0 Å². The molecule has 3 rings (SSSR count). The number of amides is 2. The van der Waals surface area contributed by atoms with Crippen molar-refractivity contribution in [1.29, 1.82) is 0 Å². The topological polar surface area (TPSA) is 41.6 Å². The molecule has 1 aliphatic rings. The fourth-order valence-corrected chi connectivity index (χ4v) is 4.06. The first-order chi connectivity index (χ1) is 11.7. The number of benzene rings is 2. The predicted molar refractivity (Wildman–Crippen MR) is 100.0 cm³/mol. The predicted octanol–water partition coefficient (Wildman–Crippen LogP) is 5.02. The first-order valence-electron chi connectivity index (χ1n) is 7.85. The molecule has 0 aliphatic carbocycles. The molecule has 0 saturated carbocycles. The fraction of sp³-hybridized carbons (Fsp3) is 0.278. The van der Waals surface area contributed by atoms with Gasteiger partial charge in [-0.05, 0) is 48.9 Å². The summed E-state index contributed by atoms with van der Waals surface area (Å²) >= 11 is 7.83. The van der Waals surface area contributed by atoms with Crippen LogP contribution >= 0.6 is 23.4 Å². The Morgan fingerprint density at radius 2 is 2.12 bits per heavy atom. The molecule has 0 spiro atoms. The van der Waals surface area contributed by atoms with Crippen LogP contribution in [0.3, 0.4) is 0 Å². The van der Waals surface area contributed by atoms with Crippen molar-refractivity contribution in [2.75, 3.05) is 24.2 Å². The summed E-state index contributed by atoms with van der Waals surface area (Å²) in [5, 5.41) is 3.63. The monoisotopic (exact) mass is 362 g/mol. The van der Waals surface area contributed by atoms with Crippen LogP contribution in [0.1, 0.15) is 17.9 Å². The van der Waals surface area contributed by atoms with Crippen molar-refractivity contribution in [3.05, 3.63) is 59.1 Å². The van der Waals surface area contributed by atoms with Gasteiger partial charge in [0.25, 0.3) is 0 Å². The maximum atomic E-state index is 12.6. The highest BCUT2D eigenvalue weighted by atomic mass is 35.5. The van der Waals surface area contributed by atoms with E-state index in [0.717, 1.165) is 22.8 Å². The molecule has 6 heteroatoms. The van der Waals surface area contributed by atoms with E-state index in [1.807, 2.05) is 60.4 Å². The molecule has 1 N–H and O–H groups in total. The number of nitrogens with zero attached hydrogens (tertiary/aromatic N) is 1. The van der Waals surface area contributed by atoms with Gasteiger partial charge in [0, 0.05) is 23.0 Å². The lowest BCUT2D eigenvalue weighted by Gasteiger charge is -2.24. The van der Waals surface area contributed by atoms with Gasteiger partial charge in [-0.25, -0.2) is 4.79 Å². The van der Waals surface area contributed by atoms with Crippen molar-refractivity contribution >= 4 is 35.1 Å². The smallest absolute Gasteiger partial charge is 0.323 e. The lowest BCUT2D eigenvalue weighted by atomic mass is 10.2. The van der Waals surface area contributed by atoms with Gasteiger partial charge < -0.3 is 15.0 Å². The number of carbonyl (C=O) groups is 1. The lowest BCUT2D eigenvalue weighted by molar-refractivity contribution is 0.214. The van der Waals surface area contributed by atoms with Crippen molar-refractivity contribution < 1.29 is 9.53 Å². The zero-order valence-electron chi connectivity index (χ0n) is 13.4. The number of halogens is 1. The van der Waals surface area contributed by atoms with Gasteiger partial charge in [-0.1, -0.05) is 23.7 Å². The largest absolute Gasteiger partial charge is 0.494 e. The Morgan fingerprint density at radius 3 is 2.83 bits per heavy atom. The van der Waals surface area contributed by atoms with Crippen molar-refractivity contribution in [3.8, 4) is 5.75 Å². The molecule has 2 amide bonds. The molecule has 1 saturated heterocycles. The summed E-state index contributed by atoms with van der Waals surface area (Å²) in [6, 6.07) is 15.0. The quantitative estimate of drug-likeness (QED) is 0.830. The molecule has 0 radical (unpaired) electrons. The molecule has 1 fully saturated rings. The Labute approximate surface area is 151 Å². The first-order valence-corrected chi connectivity index (χ1v) is 9.27. The zero-order valence-corrected chi connectivity index (χ0v) is 14.9. The molecule has 4 nitrogen and oxygen atoms in total. The van der Waals surface area contributed by atoms with Gasteiger partial charge in [-0.2, -0.15) is 0 Å². The van der Waals surface area contributed by atoms with Crippen LogP contribution < -0.4 is 10.1 Å². The highest BCUT2D eigenvalue weighted by Gasteiger charge is 2.30. The average molecular weight is 363 g/mol. The Hall–Kier alpha value is -1.85. The minimum absolute atomic E-state index is 0.00796. The van der Waals surface area contributed by atoms with Crippen molar-refractivity contribution in [2.45, 2.75) is 12.3 Å². The van der Waals surface area contributed by atoms with E-state index in [0.29, 0.717) is 18.2 Å². The molecule has 1 heterocycles. The number of urea groups is 1. The van der Waals surface area contributed by atoms with E-state index in [9.17, 15) is 4.79 Å². The third kappa shape index (κ3) is 3.97. The van der Waals surface area contributed by atoms with E-state index in [2.05, 4.69) is 5.32 Å². The minimum atomic E-state index is -0.103. The Bertz CT molecular complexity index is 708. The van der Waals surface area contributed by atoms with Gasteiger partial charge in [-0.15, -0.1) is 11.8 Å². The van der Waals surface area contributed by atoms with Crippen LogP contribution in [-0.4, -0.2) is 29.8 Å². The summed E-state index contributed by atoms with van der Waals surface area (Å²) in [6.45, 7) is 3.28. The van der Waals surface area contributed by atoms with E-state index < -0.39 is 0 Å². The lowest BCUT2D eigenvalue weighted by Crippen LogP contribution is -2.34. The van der Waals surface area contributed by atoms with E-state index >= 15 is 0 Å². The molecule has 0 aromatic heterocycles. The second kappa shape index (κ2) is 7.81. The highest BCUT2D eigenvalue weighted by molar-refractivity contribution is 7.99.